The van der Waals surface area contributed by atoms with Crippen molar-refractivity contribution < 1.29 is 9.53 Å². The quantitative estimate of drug-likeness (QED) is 0.374. The second-order valence-electron chi connectivity index (χ2n) is 6.89. The first kappa shape index (κ1) is 19.5. The number of methoxy groups -OCH3 is 1. The summed E-state index contributed by atoms with van der Waals surface area (Å²) in [7, 11) is 1.68. The Morgan fingerprint density at radius 2 is 1.50 bits per heavy atom. The van der Waals surface area contributed by atoms with Gasteiger partial charge >= 0.3 is 6.03 Å². The lowest BCUT2D eigenvalue weighted by atomic mass is 10.2. The molecule has 1 heterocycles. The highest BCUT2D eigenvalue weighted by Gasteiger charge is 2.11. The van der Waals surface area contributed by atoms with Crippen molar-refractivity contribution in [3.63, 3.8) is 0 Å². The number of ether oxygens (including phenoxy) is 1. The summed E-state index contributed by atoms with van der Waals surface area (Å²) >= 11 is 0. The van der Waals surface area contributed by atoms with Crippen LogP contribution in [0, 0.1) is 0 Å². The molecular weight excluding hydrogens is 376 g/mol. The topological polar surface area (TPSA) is 67.3 Å². The Balaban J connectivity index is 1.42. The number of para-hydroxylation sites is 2. The molecule has 4 aromatic rings. The number of nitrogens with one attached hydrogen (secondary N) is 3. The van der Waals surface area contributed by atoms with E-state index in [1.807, 2.05) is 85.1 Å². The smallest absolute Gasteiger partial charge is 0.323 e. The fourth-order valence-electron chi connectivity index (χ4n) is 3.33. The highest BCUT2D eigenvalue weighted by Crippen LogP contribution is 2.26. The van der Waals surface area contributed by atoms with Gasteiger partial charge in [-0.25, -0.2) is 4.79 Å². The molecule has 30 heavy (non-hydrogen) atoms. The van der Waals surface area contributed by atoms with Crippen molar-refractivity contribution in [2.75, 3.05) is 29.7 Å². The molecule has 0 aliphatic heterocycles. The average molecular weight is 400 g/mol. The van der Waals surface area contributed by atoms with Crippen LogP contribution in [0.2, 0.25) is 0 Å². The molecule has 0 fully saturated rings. The summed E-state index contributed by atoms with van der Waals surface area (Å²) in [6, 6.07) is 25.2. The molecule has 0 saturated heterocycles. The van der Waals surface area contributed by atoms with E-state index in [4.69, 9.17) is 4.74 Å². The minimum atomic E-state index is -0.284. The highest BCUT2D eigenvalue weighted by molar-refractivity contribution is 6.06. The average Bonchev–Trinajstić information content (AvgIpc) is 3.12. The summed E-state index contributed by atoms with van der Waals surface area (Å²) in [6.45, 7) is 1.32. The SMILES string of the molecule is COCCn1cc(NC(=O)Nc2ccc(Nc3ccccc3)cc2)c2ccccc21. The Morgan fingerprint density at radius 1 is 0.833 bits per heavy atom. The molecule has 0 spiro atoms. The minimum Gasteiger partial charge on any atom is -0.383 e. The summed E-state index contributed by atoms with van der Waals surface area (Å²) in [6.07, 6.45) is 1.94. The summed E-state index contributed by atoms with van der Waals surface area (Å²) in [5.74, 6) is 0. The van der Waals surface area contributed by atoms with Crippen LogP contribution in [-0.4, -0.2) is 24.3 Å². The van der Waals surface area contributed by atoms with Gasteiger partial charge < -0.3 is 25.3 Å². The Kier molecular flexibility index (Phi) is 5.96. The number of rotatable bonds is 7. The number of anilines is 4. The van der Waals surface area contributed by atoms with Crippen molar-refractivity contribution in [1.29, 1.82) is 0 Å². The molecule has 152 valence electrons. The number of amides is 2. The van der Waals surface area contributed by atoms with Crippen LogP contribution < -0.4 is 16.0 Å². The molecule has 0 unspecified atom stereocenters. The lowest BCUT2D eigenvalue weighted by Gasteiger charge is -2.09. The number of aromatic nitrogens is 1. The lowest BCUT2D eigenvalue weighted by molar-refractivity contribution is 0.188. The van der Waals surface area contributed by atoms with E-state index in [0.717, 1.165) is 34.5 Å². The summed E-state index contributed by atoms with van der Waals surface area (Å²) in [4.78, 5) is 12.6. The zero-order valence-electron chi connectivity index (χ0n) is 16.8. The van der Waals surface area contributed by atoms with Crippen molar-refractivity contribution in [3.8, 4) is 0 Å². The molecule has 4 rings (SSSR count). The zero-order valence-corrected chi connectivity index (χ0v) is 16.8. The number of hydrogen-bond acceptors (Lipinski definition) is 3. The number of nitrogens with zero attached hydrogens (tertiary/aromatic N) is 1. The first-order chi connectivity index (χ1) is 14.7. The van der Waals surface area contributed by atoms with Crippen LogP contribution in [0.1, 0.15) is 0 Å². The third-order valence-electron chi connectivity index (χ3n) is 4.78. The fraction of sp³-hybridized carbons (Fsp3) is 0.125. The van der Waals surface area contributed by atoms with Crippen molar-refractivity contribution in [3.05, 3.63) is 85.1 Å². The number of hydrogen-bond donors (Lipinski definition) is 3. The zero-order chi connectivity index (χ0) is 20.8. The van der Waals surface area contributed by atoms with E-state index in [-0.39, 0.29) is 6.03 Å². The molecule has 0 saturated carbocycles. The summed E-state index contributed by atoms with van der Waals surface area (Å²) < 4.78 is 7.27. The largest absolute Gasteiger partial charge is 0.383 e. The molecule has 0 bridgehead atoms. The van der Waals surface area contributed by atoms with E-state index in [2.05, 4.69) is 20.5 Å². The Labute approximate surface area is 175 Å². The second kappa shape index (κ2) is 9.15. The van der Waals surface area contributed by atoms with Crippen molar-refractivity contribution >= 4 is 39.7 Å². The van der Waals surface area contributed by atoms with Gasteiger partial charge in [0.2, 0.25) is 0 Å². The molecule has 0 atom stereocenters. The van der Waals surface area contributed by atoms with Crippen molar-refractivity contribution in [1.82, 2.24) is 4.57 Å². The van der Waals surface area contributed by atoms with Crippen LogP contribution in [0.25, 0.3) is 10.9 Å². The molecule has 6 heteroatoms. The van der Waals surface area contributed by atoms with E-state index < -0.39 is 0 Å². The number of fused-ring (bicyclic) bond motifs is 1. The Bertz CT molecular complexity index is 1120. The Morgan fingerprint density at radius 3 is 2.27 bits per heavy atom. The van der Waals surface area contributed by atoms with Gasteiger partial charge in [-0.1, -0.05) is 36.4 Å². The van der Waals surface area contributed by atoms with Gasteiger partial charge in [0.05, 0.1) is 17.8 Å². The molecular formula is C24H24N4O2. The van der Waals surface area contributed by atoms with E-state index >= 15 is 0 Å². The van der Waals surface area contributed by atoms with Crippen LogP contribution >= 0.6 is 0 Å². The molecule has 6 nitrogen and oxygen atoms in total. The monoisotopic (exact) mass is 400 g/mol. The van der Waals surface area contributed by atoms with Gasteiger partial charge in [0.1, 0.15) is 0 Å². The van der Waals surface area contributed by atoms with Gasteiger partial charge in [0.25, 0.3) is 0 Å². The maximum Gasteiger partial charge on any atom is 0.323 e. The Hall–Kier alpha value is -3.77. The van der Waals surface area contributed by atoms with Gasteiger partial charge in [-0.05, 0) is 42.5 Å². The molecule has 2 amide bonds. The van der Waals surface area contributed by atoms with E-state index in [1.54, 1.807) is 7.11 Å². The highest BCUT2D eigenvalue weighted by atomic mass is 16.5. The number of urea groups is 1. The van der Waals surface area contributed by atoms with E-state index in [9.17, 15) is 4.79 Å². The number of carbonyl (C=O) groups excluding carboxylic acids is 1. The number of carbonyl (C=O) groups is 1. The first-order valence-electron chi connectivity index (χ1n) is 9.80. The molecule has 0 aliphatic carbocycles. The standard InChI is InChI=1S/C24H24N4O2/c1-30-16-15-28-17-22(21-9-5-6-10-23(21)28)27-24(29)26-20-13-11-19(12-14-20)25-18-7-3-2-4-8-18/h2-14,17,25H,15-16H2,1H3,(H2,26,27,29). The summed E-state index contributed by atoms with van der Waals surface area (Å²) in [5.41, 5.74) is 4.51. The van der Waals surface area contributed by atoms with Gasteiger partial charge in [-0.15, -0.1) is 0 Å². The van der Waals surface area contributed by atoms with Gasteiger partial charge in [0, 0.05) is 42.3 Å². The maximum atomic E-state index is 12.6. The summed E-state index contributed by atoms with van der Waals surface area (Å²) in [5, 5.41) is 10.2. The fourth-order valence-corrected chi connectivity index (χ4v) is 3.33. The molecule has 1 aromatic heterocycles. The van der Waals surface area contributed by atoms with Crippen LogP contribution in [0.3, 0.4) is 0 Å². The normalized spacial score (nSPS) is 10.7. The van der Waals surface area contributed by atoms with Crippen molar-refractivity contribution in [2.45, 2.75) is 6.54 Å². The van der Waals surface area contributed by atoms with E-state index in [0.29, 0.717) is 12.3 Å². The first-order valence-corrected chi connectivity index (χ1v) is 9.80. The molecule has 0 aliphatic rings. The third kappa shape index (κ3) is 4.61. The van der Waals surface area contributed by atoms with Crippen LogP contribution in [-0.2, 0) is 11.3 Å². The number of benzene rings is 3. The predicted octanol–water partition coefficient (Wildman–Crippen LogP) is 5.68. The predicted molar refractivity (Wildman–Crippen MR) is 123 cm³/mol. The maximum absolute atomic E-state index is 12.6. The molecule has 3 N–H and O–H groups in total. The van der Waals surface area contributed by atoms with E-state index in [1.165, 1.54) is 0 Å². The molecule has 3 aromatic carbocycles. The van der Waals surface area contributed by atoms with Gasteiger partial charge in [-0.2, -0.15) is 0 Å². The van der Waals surface area contributed by atoms with Gasteiger partial charge in [0.15, 0.2) is 0 Å². The third-order valence-corrected chi connectivity index (χ3v) is 4.78. The lowest BCUT2D eigenvalue weighted by Crippen LogP contribution is -2.19. The molecule has 0 radical (unpaired) electrons. The van der Waals surface area contributed by atoms with Crippen LogP contribution in [0.4, 0.5) is 27.5 Å². The second-order valence-corrected chi connectivity index (χ2v) is 6.89. The van der Waals surface area contributed by atoms with Crippen LogP contribution in [0.15, 0.2) is 85.1 Å². The van der Waals surface area contributed by atoms with Crippen molar-refractivity contribution in [2.24, 2.45) is 0 Å². The van der Waals surface area contributed by atoms with Gasteiger partial charge in [-0.3, -0.25) is 0 Å². The minimum absolute atomic E-state index is 0.284. The van der Waals surface area contributed by atoms with Crippen LogP contribution in [0.5, 0.6) is 0 Å².